The highest BCUT2D eigenvalue weighted by molar-refractivity contribution is 5.57. The molecule has 4 heterocycles. The molecular weight excluding hydrogens is 348 g/mol. The zero-order valence-electron chi connectivity index (χ0n) is 16.9. The van der Waals surface area contributed by atoms with Gasteiger partial charge in [0.25, 0.3) is 0 Å². The number of aromatic nitrogens is 2. The molecule has 1 N–H and O–H groups in total. The van der Waals surface area contributed by atoms with E-state index >= 15 is 0 Å². The maximum atomic E-state index is 6.23. The number of rotatable bonds is 2. The van der Waals surface area contributed by atoms with Crippen molar-refractivity contribution >= 4 is 11.2 Å². The van der Waals surface area contributed by atoms with Crippen LogP contribution in [0.15, 0.2) is 36.7 Å². The lowest BCUT2D eigenvalue weighted by atomic mass is 9.91. The van der Waals surface area contributed by atoms with E-state index in [2.05, 4.69) is 70.1 Å². The van der Waals surface area contributed by atoms with Crippen molar-refractivity contribution in [2.24, 2.45) is 0 Å². The van der Waals surface area contributed by atoms with Crippen LogP contribution in [0.3, 0.4) is 0 Å². The van der Waals surface area contributed by atoms with Gasteiger partial charge in [-0.25, -0.2) is 0 Å². The molecule has 1 unspecified atom stereocenters. The van der Waals surface area contributed by atoms with Gasteiger partial charge in [-0.05, 0) is 50.5 Å². The molecule has 0 spiro atoms. The Morgan fingerprint density at radius 3 is 2.93 bits per heavy atom. The summed E-state index contributed by atoms with van der Waals surface area (Å²) in [7, 11) is 0. The molecule has 0 bridgehead atoms. The van der Waals surface area contributed by atoms with Gasteiger partial charge in [0.15, 0.2) is 0 Å². The number of nitrogens with one attached hydrogen (secondary N) is 1. The second kappa shape index (κ2) is 6.82. The van der Waals surface area contributed by atoms with E-state index in [1.165, 1.54) is 22.3 Å². The minimum atomic E-state index is 0.386. The van der Waals surface area contributed by atoms with Gasteiger partial charge in [-0.3, -0.25) is 4.98 Å². The van der Waals surface area contributed by atoms with E-state index in [1.807, 2.05) is 6.92 Å². The van der Waals surface area contributed by atoms with Gasteiger partial charge >= 0.3 is 0 Å². The second-order valence-corrected chi connectivity index (χ2v) is 8.34. The van der Waals surface area contributed by atoms with Crippen LogP contribution in [0.4, 0.5) is 5.69 Å². The maximum absolute atomic E-state index is 6.23. The standard InChI is InChI=1S/C23H28N4O/c1-15-11-26(7-6-24-15)21-5-4-18-8-20(14-28-23(18)10-21)19-9-22-17(3)25-16(2)12-27(22)13-19/h4-5,9-10,12-13,15,20,24H,6-8,11,14H2,1-3H3/t15-,20?/m0/s1. The molecule has 1 saturated heterocycles. The quantitative estimate of drug-likeness (QED) is 0.744. The molecule has 146 valence electrons. The molecule has 2 aliphatic rings. The number of anilines is 1. The van der Waals surface area contributed by atoms with E-state index in [9.17, 15) is 0 Å². The van der Waals surface area contributed by atoms with Crippen molar-refractivity contribution in [2.45, 2.75) is 39.2 Å². The fourth-order valence-electron chi connectivity index (χ4n) is 4.61. The highest BCUT2D eigenvalue weighted by Crippen LogP contribution is 2.36. The molecule has 0 aliphatic carbocycles. The molecule has 5 nitrogen and oxygen atoms in total. The Balaban J connectivity index is 1.39. The van der Waals surface area contributed by atoms with Crippen LogP contribution in [0.1, 0.15) is 35.4 Å². The highest BCUT2D eigenvalue weighted by Gasteiger charge is 2.24. The van der Waals surface area contributed by atoms with Crippen LogP contribution in [0.25, 0.3) is 5.52 Å². The first kappa shape index (κ1) is 17.6. The Bertz CT molecular complexity index is 1020. The van der Waals surface area contributed by atoms with Crippen molar-refractivity contribution in [3.8, 4) is 5.75 Å². The van der Waals surface area contributed by atoms with Crippen LogP contribution < -0.4 is 15.0 Å². The van der Waals surface area contributed by atoms with Gasteiger partial charge in [0.05, 0.1) is 23.5 Å². The van der Waals surface area contributed by atoms with Crippen molar-refractivity contribution < 1.29 is 4.74 Å². The molecule has 2 atom stereocenters. The van der Waals surface area contributed by atoms with Crippen molar-refractivity contribution in [3.05, 3.63) is 59.2 Å². The first-order valence-electron chi connectivity index (χ1n) is 10.3. The van der Waals surface area contributed by atoms with Gasteiger partial charge in [-0.1, -0.05) is 6.07 Å². The summed E-state index contributed by atoms with van der Waals surface area (Å²) in [6.07, 6.45) is 5.37. The zero-order chi connectivity index (χ0) is 19.3. The van der Waals surface area contributed by atoms with Crippen molar-refractivity contribution in [1.82, 2.24) is 14.7 Å². The van der Waals surface area contributed by atoms with Gasteiger partial charge in [0.1, 0.15) is 5.75 Å². The predicted molar refractivity (Wildman–Crippen MR) is 113 cm³/mol. The van der Waals surface area contributed by atoms with Gasteiger partial charge in [-0.2, -0.15) is 0 Å². The Hall–Kier alpha value is -2.53. The molecule has 0 amide bonds. The van der Waals surface area contributed by atoms with Crippen LogP contribution >= 0.6 is 0 Å². The maximum Gasteiger partial charge on any atom is 0.124 e. The molecule has 0 radical (unpaired) electrons. The molecule has 1 aromatic carbocycles. The summed E-state index contributed by atoms with van der Waals surface area (Å²) in [5, 5.41) is 3.51. The minimum Gasteiger partial charge on any atom is -0.493 e. The summed E-state index contributed by atoms with van der Waals surface area (Å²) in [6.45, 7) is 10.2. The fourth-order valence-corrected chi connectivity index (χ4v) is 4.61. The molecule has 5 rings (SSSR count). The van der Waals surface area contributed by atoms with E-state index in [4.69, 9.17) is 4.74 Å². The van der Waals surface area contributed by atoms with Gasteiger partial charge in [0.2, 0.25) is 0 Å². The summed E-state index contributed by atoms with van der Waals surface area (Å²) in [4.78, 5) is 7.05. The number of nitrogens with zero attached hydrogens (tertiary/aromatic N) is 3. The first-order valence-corrected chi connectivity index (χ1v) is 10.3. The lowest BCUT2D eigenvalue weighted by Gasteiger charge is -2.34. The first-order chi connectivity index (χ1) is 13.6. The second-order valence-electron chi connectivity index (χ2n) is 8.34. The van der Waals surface area contributed by atoms with Gasteiger partial charge < -0.3 is 19.4 Å². The normalized spacial score (nSPS) is 22.2. The summed E-state index contributed by atoms with van der Waals surface area (Å²) in [6, 6.07) is 9.56. The molecule has 2 aliphatic heterocycles. The lowest BCUT2D eigenvalue weighted by molar-refractivity contribution is 0.262. The third-order valence-electron chi connectivity index (χ3n) is 6.07. The third-order valence-corrected chi connectivity index (χ3v) is 6.07. The topological polar surface area (TPSA) is 41.8 Å². The van der Waals surface area contributed by atoms with Gasteiger partial charge in [-0.15, -0.1) is 0 Å². The molecule has 1 fully saturated rings. The number of hydrogen-bond acceptors (Lipinski definition) is 4. The number of hydrogen-bond donors (Lipinski definition) is 1. The van der Waals surface area contributed by atoms with Crippen LogP contribution in [0.5, 0.6) is 5.75 Å². The largest absolute Gasteiger partial charge is 0.493 e. The zero-order valence-corrected chi connectivity index (χ0v) is 16.9. The Morgan fingerprint density at radius 1 is 1.18 bits per heavy atom. The predicted octanol–water partition coefficient (Wildman–Crippen LogP) is 3.47. The summed E-state index contributed by atoms with van der Waals surface area (Å²) >= 11 is 0. The molecule has 3 aromatic rings. The summed E-state index contributed by atoms with van der Waals surface area (Å²) in [5.74, 6) is 1.44. The molecular formula is C23H28N4O. The van der Waals surface area contributed by atoms with Crippen molar-refractivity contribution in [1.29, 1.82) is 0 Å². The molecule has 0 saturated carbocycles. The SMILES string of the molecule is Cc1cn2cc(C3COc4cc(N5CCN[C@@H](C)C5)ccc4C3)cc2c(C)n1. The lowest BCUT2D eigenvalue weighted by Crippen LogP contribution is -2.49. The summed E-state index contributed by atoms with van der Waals surface area (Å²) < 4.78 is 8.44. The van der Waals surface area contributed by atoms with Gasteiger partial charge in [0, 0.05) is 55.7 Å². The Kier molecular flexibility index (Phi) is 4.27. The Labute approximate surface area is 166 Å². The van der Waals surface area contributed by atoms with Crippen molar-refractivity contribution in [2.75, 3.05) is 31.1 Å². The van der Waals surface area contributed by atoms with E-state index in [0.29, 0.717) is 12.0 Å². The molecule has 5 heteroatoms. The number of aryl methyl sites for hydroxylation is 2. The minimum absolute atomic E-state index is 0.386. The van der Waals surface area contributed by atoms with Crippen LogP contribution in [-0.2, 0) is 6.42 Å². The third kappa shape index (κ3) is 3.14. The van der Waals surface area contributed by atoms with Crippen LogP contribution in [-0.4, -0.2) is 41.7 Å². The number of piperazine rings is 1. The number of fused-ring (bicyclic) bond motifs is 2. The van der Waals surface area contributed by atoms with E-state index < -0.39 is 0 Å². The fraction of sp³-hybridized carbons (Fsp3) is 0.435. The number of ether oxygens (including phenoxy) is 1. The van der Waals surface area contributed by atoms with Crippen molar-refractivity contribution in [3.63, 3.8) is 0 Å². The molecule has 2 aromatic heterocycles. The summed E-state index contributed by atoms with van der Waals surface area (Å²) in [5.41, 5.74) is 7.24. The van der Waals surface area contributed by atoms with Crippen LogP contribution in [0, 0.1) is 13.8 Å². The van der Waals surface area contributed by atoms with E-state index in [-0.39, 0.29) is 0 Å². The average Bonchev–Trinajstić information content (AvgIpc) is 3.11. The van der Waals surface area contributed by atoms with E-state index in [0.717, 1.165) is 49.8 Å². The van der Waals surface area contributed by atoms with E-state index in [1.54, 1.807) is 0 Å². The highest BCUT2D eigenvalue weighted by atomic mass is 16.5. The monoisotopic (exact) mass is 376 g/mol. The number of benzene rings is 1. The average molecular weight is 377 g/mol. The smallest absolute Gasteiger partial charge is 0.124 e. The Morgan fingerprint density at radius 2 is 2.07 bits per heavy atom. The van der Waals surface area contributed by atoms with Crippen LogP contribution in [0.2, 0.25) is 0 Å². The molecule has 28 heavy (non-hydrogen) atoms.